The SMILES string of the molecule is CCCC[N+](CCC)(CCCC)Cc1cccc(P(c2ccccc2)c2ccccc2)c1. The van der Waals surface area contributed by atoms with Crippen molar-refractivity contribution in [1.29, 1.82) is 0 Å². The predicted molar refractivity (Wildman–Crippen MR) is 144 cm³/mol. The van der Waals surface area contributed by atoms with Gasteiger partial charge in [-0.25, -0.2) is 0 Å². The fourth-order valence-electron chi connectivity index (χ4n) is 4.82. The van der Waals surface area contributed by atoms with E-state index in [1.165, 1.54) is 77.7 Å². The summed E-state index contributed by atoms with van der Waals surface area (Å²) < 4.78 is 1.25. The molecule has 3 aromatic carbocycles. The Morgan fingerprint density at radius 3 is 1.59 bits per heavy atom. The van der Waals surface area contributed by atoms with Crippen LogP contribution in [-0.2, 0) is 6.54 Å². The largest absolute Gasteiger partial charge is 0.320 e. The van der Waals surface area contributed by atoms with Gasteiger partial charge in [0.05, 0.1) is 19.6 Å². The molecule has 1 nitrogen and oxygen atoms in total. The molecule has 0 fully saturated rings. The van der Waals surface area contributed by atoms with E-state index in [-0.39, 0.29) is 0 Å². The van der Waals surface area contributed by atoms with Gasteiger partial charge in [-0.05, 0) is 49.2 Å². The number of hydrogen-bond acceptors (Lipinski definition) is 0. The number of benzene rings is 3. The fraction of sp³-hybridized carbons (Fsp3) is 0.400. The van der Waals surface area contributed by atoms with E-state index in [0.717, 1.165) is 6.54 Å². The summed E-state index contributed by atoms with van der Waals surface area (Å²) in [5, 5.41) is 4.32. The second-order valence-corrected chi connectivity index (χ2v) is 11.3. The number of hydrogen-bond donors (Lipinski definition) is 0. The Morgan fingerprint density at radius 2 is 1.09 bits per heavy atom. The fourth-order valence-corrected chi connectivity index (χ4v) is 7.18. The van der Waals surface area contributed by atoms with Gasteiger partial charge >= 0.3 is 0 Å². The van der Waals surface area contributed by atoms with E-state index in [9.17, 15) is 0 Å². The lowest BCUT2D eigenvalue weighted by atomic mass is 10.1. The zero-order chi connectivity index (χ0) is 22.7. The third-order valence-electron chi connectivity index (χ3n) is 6.39. The van der Waals surface area contributed by atoms with Crippen LogP contribution in [0.1, 0.15) is 58.4 Å². The van der Waals surface area contributed by atoms with E-state index in [1.54, 1.807) is 0 Å². The molecule has 0 spiro atoms. The zero-order valence-electron chi connectivity index (χ0n) is 20.3. The number of rotatable bonds is 13. The van der Waals surface area contributed by atoms with Crippen LogP contribution in [-0.4, -0.2) is 24.1 Å². The molecule has 0 radical (unpaired) electrons. The molecular weight excluding hydrogens is 405 g/mol. The molecule has 0 bridgehead atoms. The maximum Gasteiger partial charge on any atom is 0.104 e. The predicted octanol–water partition coefficient (Wildman–Crippen LogP) is 6.77. The van der Waals surface area contributed by atoms with Crippen LogP contribution >= 0.6 is 7.92 Å². The average Bonchev–Trinajstić information content (AvgIpc) is 2.83. The van der Waals surface area contributed by atoms with E-state index in [2.05, 4.69) is 106 Å². The first-order valence-electron chi connectivity index (χ1n) is 12.6. The topological polar surface area (TPSA) is 0 Å². The molecule has 0 amide bonds. The van der Waals surface area contributed by atoms with Crippen molar-refractivity contribution in [2.75, 3.05) is 19.6 Å². The molecule has 0 aliphatic rings. The minimum absolute atomic E-state index is 0.541. The molecule has 0 saturated carbocycles. The molecule has 0 N–H and O–H groups in total. The third kappa shape index (κ3) is 6.77. The van der Waals surface area contributed by atoms with Crippen LogP contribution in [0.25, 0.3) is 0 Å². The zero-order valence-corrected chi connectivity index (χ0v) is 21.2. The highest BCUT2D eigenvalue weighted by Gasteiger charge is 2.26. The molecular formula is C30H41NP+. The van der Waals surface area contributed by atoms with Gasteiger partial charge in [0.2, 0.25) is 0 Å². The molecule has 0 aliphatic heterocycles. The van der Waals surface area contributed by atoms with E-state index < -0.39 is 7.92 Å². The van der Waals surface area contributed by atoms with Crippen LogP contribution in [0.4, 0.5) is 0 Å². The Bertz CT molecular complexity index is 859. The Hall–Kier alpha value is -1.95. The monoisotopic (exact) mass is 446 g/mol. The Morgan fingerprint density at radius 1 is 0.562 bits per heavy atom. The second-order valence-electron chi connectivity index (χ2n) is 9.05. The van der Waals surface area contributed by atoms with Crippen LogP contribution in [0.2, 0.25) is 0 Å². The minimum atomic E-state index is -0.541. The summed E-state index contributed by atoms with van der Waals surface area (Å²) in [5.74, 6) is 0. The van der Waals surface area contributed by atoms with Gasteiger partial charge in [0.15, 0.2) is 0 Å². The molecule has 2 heteroatoms. The van der Waals surface area contributed by atoms with Crippen molar-refractivity contribution < 1.29 is 4.48 Å². The van der Waals surface area contributed by atoms with Gasteiger partial charge in [-0.2, -0.15) is 0 Å². The second kappa shape index (κ2) is 12.9. The molecule has 3 rings (SSSR count). The van der Waals surface area contributed by atoms with Crippen LogP contribution in [0, 0.1) is 0 Å². The van der Waals surface area contributed by atoms with Gasteiger partial charge in [-0.3, -0.25) is 0 Å². The van der Waals surface area contributed by atoms with Crippen LogP contribution in [0.15, 0.2) is 84.9 Å². The molecule has 170 valence electrons. The first-order valence-corrected chi connectivity index (χ1v) is 13.9. The highest BCUT2D eigenvalue weighted by atomic mass is 31.1. The highest BCUT2D eigenvalue weighted by molar-refractivity contribution is 7.79. The first-order chi connectivity index (χ1) is 15.7. The molecule has 32 heavy (non-hydrogen) atoms. The summed E-state index contributed by atoms with van der Waals surface area (Å²) in [6, 6.07) is 31.7. The number of unbranched alkanes of at least 4 members (excludes halogenated alkanes) is 2. The summed E-state index contributed by atoms with van der Waals surface area (Å²) in [7, 11) is -0.541. The lowest BCUT2D eigenvalue weighted by Gasteiger charge is -2.39. The summed E-state index contributed by atoms with van der Waals surface area (Å²) >= 11 is 0. The van der Waals surface area contributed by atoms with Gasteiger partial charge in [-0.1, -0.05) is 112 Å². The Balaban J connectivity index is 1.96. The molecule has 0 unspecified atom stereocenters. The molecule has 0 aliphatic carbocycles. The highest BCUT2D eigenvalue weighted by Crippen LogP contribution is 2.33. The Labute approximate surface area is 197 Å². The van der Waals surface area contributed by atoms with Crippen molar-refractivity contribution in [3.63, 3.8) is 0 Å². The third-order valence-corrected chi connectivity index (χ3v) is 8.81. The van der Waals surface area contributed by atoms with Crippen LogP contribution in [0.3, 0.4) is 0 Å². The van der Waals surface area contributed by atoms with E-state index in [1.807, 2.05) is 0 Å². The molecule has 3 aromatic rings. The Kier molecular flexibility index (Phi) is 9.97. The lowest BCUT2D eigenvalue weighted by Crippen LogP contribution is -2.49. The van der Waals surface area contributed by atoms with Gasteiger partial charge in [0.1, 0.15) is 6.54 Å². The van der Waals surface area contributed by atoms with Crippen LogP contribution in [0.5, 0.6) is 0 Å². The van der Waals surface area contributed by atoms with Gasteiger partial charge in [-0.15, -0.1) is 0 Å². The standard InChI is InChI=1S/C30H41NP/c1-4-7-23-31(22-6-3,24-8-5-2)26-27-16-15-21-30(25-27)32(28-17-11-9-12-18-28)29-19-13-10-14-20-29/h9-21,25H,4-8,22-24,26H2,1-3H3/q+1. The molecule has 0 saturated heterocycles. The van der Waals surface area contributed by atoms with Gasteiger partial charge < -0.3 is 4.48 Å². The number of nitrogens with zero attached hydrogens (tertiary/aromatic N) is 1. The summed E-state index contributed by atoms with van der Waals surface area (Å²) in [6.07, 6.45) is 6.47. The quantitative estimate of drug-likeness (QED) is 0.201. The molecule has 0 atom stereocenters. The van der Waals surface area contributed by atoms with Crippen molar-refractivity contribution in [3.8, 4) is 0 Å². The smallest absolute Gasteiger partial charge is 0.104 e. The summed E-state index contributed by atoms with van der Waals surface area (Å²) in [5.41, 5.74) is 1.50. The van der Waals surface area contributed by atoms with Crippen molar-refractivity contribution in [1.82, 2.24) is 0 Å². The van der Waals surface area contributed by atoms with E-state index in [4.69, 9.17) is 0 Å². The van der Waals surface area contributed by atoms with Gasteiger partial charge in [0, 0.05) is 5.56 Å². The van der Waals surface area contributed by atoms with Crippen LogP contribution < -0.4 is 15.9 Å². The molecule has 0 aromatic heterocycles. The van der Waals surface area contributed by atoms with Crippen molar-refractivity contribution in [2.24, 2.45) is 0 Å². The lowest BCUT2D eigenvalue weighted by molar-refractivity contribution is -0.941. The van der Waals surface area contributed by atoms with Crippen molar-refractivity contribution in [2.45, 2.75) is 59.4 Å². The normalized spacial score (nSPS) is 11.8. The maximum atomic E-state index is 2.52. The van der Waals surface area contributed by atoms with E-state index in [0.29, 0.717) is 0 Å². The maximum absolute atomic E-state index is 2.52. The number of quaternary nitrogens is 1. The average molecular weight is 447 g/mol. The van der Waals surface area contributed by atoms with Gasteiger partial charge in [0.25, 0.3) is 0 Å². The minimum Gasteiger partial charge on any atom is -0.320 e. The first kappa shape index (κ1) is 24.7. The van der Waals surface area contributed by atoms with Crippen molar-refractivity contribution in [3.05, 3.63) is 90.5 Å². The van der Waals surface area contributed by atoms with E-state index >= 15 is 0 Å². The summed E-state index contributed by atoms with van der Waals surface area (Å²) in [6.45, 7) is 12.1. The summed E-state index contributed by atoms with van der Waals surface area (Å²) in [4.78, 5) is 0. The van der Waals surface area contributed by atoms with Crippen molar-refractivity contribution >= 4 is 23.8 Å². The molecule has 0 heterocycles.